The van der Waals surface area contributed by atoms with Gasteiger partial charge in [0, 0.05) is 30.3 Å². The number of aromatic carboxylic acids is 1. The fourth-order valence-corrected chi connectivity index (χ4v) is 5.33. The highest BCUT2D eigenvalue weighted by Gasteiger charge is 2.26. The Hall–Kier alpha value is -3.80. The van der Waals surface area contributed by atoms with E-state index in [-0.39, 0.29) is 40.8 Å². The number of piperidine rings is 1. The summed E-state index contributed by atoms with van der Waals surface area (Å²) < 4.78 is 47.7. The van der Waals surface area contributed by atoms with Gasteiger partial charge in [0.1, 0.15) is 35.6 Å². The quantitative estimate of drug-likeness (QED) is 0.257. The van der Waals surface area contributed by atoms with Gasteiger partial charge in [0.2, 0.25) is 0 Å². The third-order valence-corrected chi connectivity index (χ3v) is 7.80. The maximum Gasteiger partial charge on any atom is 0.354 e. The Labute approximate surface area is 245 Å². The molecule has 2 aromatic carbocycles. The number of rotatable bonds is 10. The SMILES string of the molecule is O=C(O)c1ccc2nc(CN3CCC(Oc4ccc(F)c(COc5ccc(Cl)cc5F)c4)CC3)n(C[C@@H]3CCO3)c2n1. The molecule has 0 amide bonds. The van der Waals surface area contributed by atoms with Crippen LogP contribution in [-0.2, 0) is 24.4 Å². The minimum atomic E-state index is -1.08. The van der Waals surface area contributed by atoms with Gasteiger partial charge in [-0.3, -0.25) is 4.90 Å². The van der Waals surface area contributed by atoms with Gasteiger partial charge in [-0.2, -0.15) is 0 Å². The van der Waals surface area contributed by atoms with Gasteiger partial charge in [0.25, 0.3) is 0 Å². The van der Waals surface area contributed by atoms with Crippen LogP contribution in [0.15, 0.2) is 48.5 Å². The van der Waals surface area contributed by atoms with Crippen molar-refractivity contribution in [1.82, 2.24) is 19.4 Å². The summed E-state index contributed by atoms with van der Waals surface area (Å²) in [5, 5.41) is 9.67. The second kappa shape index (κ2) is 12.2. The summed E-state index contributed by atoms with van der Waals surface area (Å²) in [5.41, 5.74) is 1.44. The number of fused-ring (bicyclic) bond motifs is 1. The molecule has 2 aliphatic rings. The second-order valence-corrected chi connectivity index (χ2v) is 10.9. The zero-order valence-electron chi connectivity index (χ0n) is 22.6. The highest BCUT2D eigenvalue weighted by atomic mass is 35.5. The summed E-state index contributed by atoms with van der Waals surface area (Å²) in [4.78, 5) is 22.9. The van der Waals surface area contributed by atoms with Crippen LogP contribution in [0, 0.1) is 11.6 Å². The van der Waals surface area contributed by atoms with Crippen LogP contribution in [-0.4, -0.2) is 62.4 Å². The van der Waals surface area contributed by atoms with Crippen molar-refractivity contribution in [3.05, 3.63) is 82.3 Å². The molecule has 0 saturated carbocycles. The highest BCUT2D eigenvalue weighted by Crippen LogP contribution is 2.27. The molecule has 4 heterocycles. The van der Waals surface area contributed by atoms with E-state index in [2.05, 4.69) is 9.88 Å². The van der Waals surface area contributed by atoms with Crippen LogP contribution in [0.5, 0.6) is 11.5 Å². The largest absolute Gasteiger partial charge is 0.490 e. The van der Waals surface area contributed by atoms with Crippen molar-refractivity contribution >= 4 is 28.7 Å². The Kier molecular flexibility index (Phi) is 8.23. The average molecular weight is 599 g/mol. The summed E-state index contributed by atoms with van der Waals surface area (Å²) in [6.07, 6.45) is 2.46. The molecule has 0 spiro atoms. The number of carbonyl (C=O) groups is 1. The summed E-state index contributed by atoms with van der Waals surface area (Å²) >= 11 is 5.78. The van der Waals surface area contributed by atoms with Crippen molar-refractivity contribution in [2.24, 2.45) is 0 Å². The zero-order chi connectivity index (χ0) is 29.2. The molecule has 42 heavy (non-hydrogen) atoms. The molecule has 1 N–H and O–H groups in total. The fourth-order valence-electron chi connectivity index (χ4n) is 5.17. The number of imidazole rings is 1. The predicted octanol–water partition coefficient (Wildman–Crippen LogP) is 5.47. The first-order valence-electron chi connectivity index (χ1n) is 13.8. The number of pyridine rings is 1. The standard InChI is InChI=1S/C30H29ClF2N4O5/c31-19-1-6-27(24(33)14-19)41-17-18-13-21(2-3-23(18)32)42-20-7-10-36(11-8-20)16-28-34-25-4-5-26(30(38)39)35-29(25)37(28)15-22-9-12-40-22/h1-6,13-14,20,22H,7-12,15-17H2,(H,38,39)/t22-/m0/s1. The Morgan fingerprint density at radius 2 is 1.86 bits per heavy atom. The number of carboxylic acid groups (broad SMARTS) is 1. The molecule has 2 saturated heterocycles. The number of nitrogens with zero attached hydrogens (tertiary/aromatic N) is 4. The van der Waals surface area contributed by atoms with Crippen LogP contribution >= 0.6 is 11.6 Å². The van der Waals surface area contributed by atoms with E-state index in [1.807, 2.05) is 4.57 Å². The number of aromatic nitrogens is 3. The first kappa shape index (κ1) is 28.3. The summed E-state index contributed by atoms with van der Waals surface area (Å²) in [7, 11) is 0. The number of ether oxygens (including phenoxy) is 3. The van der Waals surface area contributed by atoms with Gasteiger partial charge in [0.15, 0.2) is 22.9 Å². The van der Waals surface area contributed by atoms with E-state index >= 15 is 0 Å². The van der Waals surface area contributed by atoms with Crippen molar-refractivity contribution in [2.75, 3.05) is 19.7 Å². The number of halogens is 3. The minimum absolute atomic E-state index is 0.00987. The van der Waals surface area contributed by atoms with Crippen molar-refractivity contribution in [3.8, 4) is 11.5 Å². The maximum absolute atomic E-state index is 14.4. The van der Waals surface area contributed by atoms with E-state index in [1.54, 1.807) is 18.2 Å². The van der Waals surface area contributed by atoms with Crippen LogP contribution in [0.3, 0.4) is 0 Å². The predicted molar refractivity (Wildman–Crippen MR) is 150 cm³/mol. The van der Waals surface area contributed by atoms with E-state index in [9.17, 15) is 18.7 Å². The maximum atomic E-state index is 14.4. The van der Waals surface area contributed by atoms with Crippen molar-refractivity contribution in [2.45, 2.75) is 51.2 Å². The second-order valence-electron chi connectivity index (χ2n) is 10.5. The molecule has 1 atom stereocenters. The van der Waals surface area contributed by atoms with Crippen molar-refractivity contribution in [1.29, 1.82) is 0 Å². The number of hydrogen-bond acceptors (Lipinski definition) is 7. The lowest BCUT2D eigenvalue weighted by Crippen LogP contribution is -2.39. The number of carboxylic acids is 1. The number of benzene rings is 2. The van der Waals surface area contributed by atoms with E-state index in [0.717, 1.165) is 50.8 Å². The van der Waals surface area contributed by atoms with Gasteiger partial charge < -0.3 is 23.9 Å². The Bertz CT molecular complexity index is 1600. The normalized spacial score (nSPS) is 17.7. The van der Waals surface area contributed by atoms with E-state index in [1.165, 1.54) is 24.3 Å². The van der Waals surface area contributed by atoms with Gasteiger partial charge in [0.05, 0.1) is 19.2 Å². The molecular formula is C30H29ClF2N4O5. The lowest BCUT2D eigenvalue weighted by atomic mass is 10.1. The van der Waals surface area contributed by atoms with Gasteiger partial charge in [-0.05, 0) is 67.8 Å². The molecule has 220 valence electrons. The van der Waals surface area contributed by atoms with Crippen LogP contribution < -0.4 is 9.47 Å². The van der Waals surface area contributed by atoms with E-state index in [4.69, 9.17) is 30.8 Å². The summed E-state index contributed by atoms with van der Waals surface area (Å²) in [6, 6.07) is 11.7. The molecule has 4 aromatic rings. The van der Waals surface area contributed by atoms with Crippen molar-refractivity contribution in [3.63, 3.8) is 0 Å². The topological polar surface area (TPSA) is 98.9 Å². The third-order valence-electron chi connectivity index (χ3n) is 7.57. The molecule has 2 aromatic heterocycles. The smallest absolute Gasteiger partial charge is 0.354 e. The lowest BCUT2D eigenvalue weighted by Gasteiger charge is -2.32. The summed E-state index contributed by atoms with van der Waals surface area (Å²) in [5.74, 6) is -0.835. The Balaban J connectivity index is 1.08. The molecule has 9 nitrogen and oxygen atoms in total. The minimum Gasteiger partial charge on any atom is -0.490 e. The molecule has 0 bridgehead atoms. The first-order valence-corrected chi connectivity index (χ1v) is 14.2. The Morgan fingerprint density at radius 1 is 1.05 bits per heavy atom. The van der Waals surface area contributed by atoms with Crippen LogP contribution in [0.4, 0.5) is 8.78 Å². The zero-order valence-corrected chi connectivity index (χ0v) is 23.4. The molecule has 2 aliphatic heterocycles. The van der Waals surface area contributed by atoms with Crippen molar-refractivity contribution < 1.29 is 32.9 Å². The van der Waals surface area contributed by atoms with Crippen LogP contribution in [0.2, 0.25) is 5.02 Å². The fraction of sp³-hybridized carbons (Fsp3) is 0.367. The first-order chi connectivity index (χ1) is 20.3. The molecule has 0 radical (unpaired) electrons. The molecule has 12 heteroatoms. The average Bonchev–Trinajstić information content (AvgIpc) is 3.28. The lowest BCUT2D eigenvalue weighted by molar-refractivity contribution is -0.0593. The molecule has 0 aliphatic carbocycles. The highest BCUT2D eigenvalue weighted by molar-refractivity contribution is 6.30. The molecule has 2 fully saturated rings. The van der Waals surface area contributed by atoms with Crippen LogP contribution in [0.1, 0.15) is 41.1 Å². The van der Waals surface area contributed by atoms with Gasteiger partial charge in [-0.1, -0.05) is 11.6 Å². The molecular weight excluding hydrogens is 570 g/mol. The van der Waals surface area contributed by atoms with Gasteiger partial charge >= 0.3 is 5.97 Å². The molecule has 6 rings (SSSR count). The monoisotopic (exact) mass is 598 g/mol. The number of hydrogen-bond donors (Lipinski definition) is 1. The summed E-state index contributed by atoms with van der Waals surface area (Å²) in [6.45, 7) is 3.23. The van der Waals surface area contributed by atoms with E-state index < -0.39 is 17.6 Å². The third kappa shape index (κ3) is 6.33. The number of likely N-dealkylation sites (tertiary alicyclic amines) is 1. The van der Waals surface area contributed by atoms with Gasteiger partial charge in [-0.15, -0.1) is 0 Å². The van der Waals surface area contributed by atoms with Gasteiger partial charge in [-0.25, -0.2) is 23.5 Å². The van der Waals surface area contributed by atoms with Crippen LogP contribution in [0.25, 0.3) is 11.2 Å². The Morgan fingerprint density at radius 3 is 2.57 bits per heavy atom. The molecule has 0 unspecified atom stereocenters. The van der Waals surface area contributed by atoms with E-state index in [0.29, 0.717) is 30.0 Å².